The van der Waals surface area contributed by atoms with Gasteiger partial charge in [0.15, 0.2) is 0 Å². The Labute approximate surface area is 228 Å². The summed E-state index contributed by atoms with van der Waals surface area (Å²) in [5.41, 5.74) is 3.47. The van der Waals surface area contributed by atoms with Gasteiger partial charge in [-0.1, -0.05) is 6.42 Å². The van der Waals surface area contributed by atoms with Crippen LogP contribution in [-0.2, 0) is 27.8 Å². The molecule has 2 aliphatic rings. The van der Waals surface area contributed by atoms with Crippen molar-refractivity contribution in [2.45, 2.75) is 69.9 Å². The van der Waals surface area contributed by atoms with E-state index in [9.17, 15) is 13.2 Å². The van der Waals surface area contributed by atoms with Gasteiger partial charge in [-0.25, -0.2) is 13.4 Å². The third kappa shape index (κ3) is 5.34. The fourth-order valence-corrected chi connectivity index (χ4v) is 8.87. The highest BCUT2D eigenvalue weighted by Gasteiger charge is 2.36. The van der Waals surface area contributed by atoms with Gasteiger partial charge in [-0.05, 0) is 68.5 Å². The highest BCUT2D eigenvalue weighted by atomic mass is 32.2. The zero-order valence-electron chi connectivity index (χ0n) is 22.1. The van der Waals surface area contributed by atoms with Crippen molar-refractivity contribution >= 4 is 27.3 Å². The van der Waals surface area contributed by atoms with Crippen molar-refractivity contribution in [2.24, 2.45) is 0 Å². The summed E-state index contributed by atoms with van der Waals surface area (Å²) in [6, 6.07) is 7.26. The number of carbonyl (C=O) groups excluding carboxylic acids is 1. The Balaban J connectivity index is 1.26. The third-order valence-corrected chi connectivity index (χ3v) is 10.9. The van der Waals surface area contributed by atoms with Crippen LogP contribution in [0.5, 0.6) is 5.75 Å². The Kier molecular flexibility index (Phi) is 7.83. The van der Waals surface area contributed by atoms with Gasteiger partial charge in [-0.2, -0.15) is 4.31 Å². The minimum absolute atomic E-state index is 0.0780. The van der Waals surface area contributed by atoms with E-state index in [-0.39, 0.29) is 11.9 Å². The van der Waals surface area contributed by atoms with Crippen molar-refractivity contribution in [3.05, 3.63) is 58.4 Å². The molecule has 0 spiro atoms. The summed E-state index contributed by atoms with van der Waals surface area (Å²) in [5, 5.41) is 0.957. The van der Waals surface area contributed by atoms with Crippen molar-refractivity contribution < 1.29 is 17.9 Å². The molecule has 0 saturated carbocycles. The van der Waals surface area contributed by atoms with E-state index in [1.165, 1.54) is 0 Å². The summed E-state index contributed by atoms with van der Waals surface area (Å²) in [6.45, 7) is 5.32. The molecule has 1 aromatic carbocycles. The van der Waals surface area contributed by atoms with Gasteiger partial charge >= 0.3 is 0 Å². The molecule has 0 aliphatic carbocycles. The van der Waals surface area contributed by atoms with Gasteiger partial charge in [0.2, 0.25) is 15.9 Å². The lowest BCUT2D eigenvalue weighted by Crippen LogP contribution is -2.45. The summed E-state index contributed by atoms with van der Waals surface area (Å²) >= 11 is 1.63. The van der Waals surface area contributed by atoms with Crippen molar-refractivity contribution in [3.63, 3.8) is 0 Å². The average molecular weight is 555 g/mol. The van der Waals surface area contributed by atoms with E-state index < -0.39 is 10.0 Å². The van der Waals surface area contributed by atoms with Gasteiger partial charge in [-0.15, -0.1) is 11.3 Å². The summed E-state index contributed by atoms with van der Waals surface area (Å²) in [7, 11) is -2.11. The van der Waals surface area contributed by atoms with E-state index >= 15 is 0 Å². The first kappa shape index (κ1) is 26.8. The van der Waals surface area contributed by atoms with E-state index in [2.05, 4.69) is 4.98 Å². The number of thiazole rings is 1. The van der Waals surface area contributed by atoms with Gasteiger partial charge in [-0.3, -0.25) is 9.78 Å². The number of carbonyl (C=O) groups is 1. The Hall–Kier alpha value is -2.82. The number of methoxy groups -OCH3 is 1. The molecule has 1 atom stereocenters. The fraction of sp³-hybridized carbons (Fsp3) is 0.464. The second-order valence-corrected chi connectivity index (χ2v) is 13.0. The Morgan fingerprint density at radius 3 is 2.58 bits per heavy atom. The number of piperidine rings is 1. The predicted octanol–water partition coefficient (Wildman–Crippen LogP) is 4.74. The molecular weight excluding hydrogens is 520 g/mol. The van der Waals surface area contributed by atoms with Crippen LogP contribution in [0.3, 0.4) is 0 Å². The number of fused-ring (bicyclic) bond motifs is 1. The van der Waals surface area contributed by atoms with Crippen molar-refractivity contribution in [3.8, 4) is 16.3 Å². The van der Waals surface area contributed by atoms with Crippen LogP contribution >= 0.6 is 11.3 Å². The molecule has 2 aliphatic heterocycles. The zero-order valence-corrected chi connectivity index (χ0v) is 23.8. The number of hydrogen-bond donors (Lipinski definition) is 0. The van der Waals surface area contributed by atoms with E-state index in [4.69, 9.17) is 9.72 Å². The summed E-state index contributed by atoms with van der Waals surface area (Å²) < 4.78 is 34.6. The number of benzene rings is 1. The molecule has 2 aromatic heterocycles. The summed E-state index contributed by atoms with van der Waals surface area (Å²) in [5.74, 6) is 0.729. The summed E-state index contributed by atoms with van der Waals surface area (Å²) in [4.78, 5) is 25.5. The number of sulfonamides is 1. The average Bonchev–Trinajstić information content (AvgIpc) is 3.35. The minimum Gasteiger partial charge on any atom is -0.497 e. The van der Waals surface area contributed by atoms with E-state index in [1.807, 2.05) is 30.9 Å². The third-order valence-electron chi connectivity index (χ3n) is 7.51. The first-order valence-corrected chi connectivity index (χ1v) is 15.4. The van der Waals surface area contributed by atoms with Gasteiger partial charge in [0.25, 0.3) is 0 Å². The molecule has 4 heterocycles. The van der Waals surface area contributed by atoms with Crippen LogP contribution in [0.4, 0.5) is 0 Å². The minimum atomic E-state index is -3.69. The molecular formula is C28H34N4O4S2. The zero-order chi connectivity index (χ0) is 26.9. The molecule has 0 radical (unpaired) electrons. The van der Waals surface area contributed by atoms with E-state index in [1.54, 1.807) is 47.3 Å². The first-order chi connectivity index (χ1) is 18.3. The second-order valence-electron chi connectivity index (χ2n) is 10.1. The van der Waals surface area contributed by atoms with Crippen LogP contribution < -0.4 is 4.74 Å². The quantitative estimate of drug-likeness (QED) is 0.419. The molecule has 0 bridgehead atoms. The van der Waals surface area contributed by atoms with Crippen molar-refractivity contribution in [1.82, 2.24) is 19.2 Å². The van der Waals surface area contributed by atoms with Crippen molar-refractivity contribution in [2.75, 3.05) is 20.2 Å². The lowest BCUT2D eigenvalue weighted by atomic mass is 10.00. The fourth-order valence-electron chi connectivity index (χ4n) is 5.61. The normalized spacial score (nSPS) is 18.3. The maximum Gasteiger partial charge on any atom is 0.243 e. The van der Waals surface area contributed by atoms with E-state index in [0.29, 0.717) is 54.2 Å². The molecule has 1 unspecified atom stereocenters. The van der Waals surface area contributed by atoms with Crippen LogP contribution in [-0.4, -0.2) is 59.7 Å². The Bertz CT molecular complexity index is 1400. The molecule has 0 N–H and O–H groups in total. The molecule has 5 rings (SSSR count). The van der Waals surface area contributed by atoms with Crippen LogP contribution in [0.25, 0.3) is 10.6 Å². The summed E-state index contributed by atoms with van der Waals surface area (Å²) in [6.07, 6.45) is 7.70. The van der Waals surface area contributed by atoms with E-state index in [0.717, 1.165) is 46.8 Å². The molecule has 1 amide bonds. The van der Waals surface area contributed by atoms with Gasteiger partial charge < -0.3 is 9.64 Å². The second kappa shape index (κ2) is 11.1. The molecule has 202 valence electrons. The van der Waals surface area contributed by atoms with Gasteiger partial charge in [0.1, 0.15) is 10.8 Å². The smallest absolute Gasteiger partial charge is 0.243 e. The number of nitrogens with zero attached hydrogens (tertiary/aromatic N) is 4. The molecule has 10 heteroatoms. The molecule has 8 nitrogen and oxygen atoms in total. The van der Waals surface area contributed by atoms with Crippen molar-refractivity contribution in [1.29, 1.82) is 0 Å². The topological polar surface area (TPSA) is 92.7 Å². The maximum atomic E-state index is 13.8. The number of hydrogen-bond acceptors (Lipinski definition) is 7. The Morgan fingerprint density at radius 1 is 1.13 bits per heavy atom. The SMILES string of the molecule is COc1cc(C)c(S(=O)(=O)N2CCCCC2CCC(=O)N2CCc3nc(-c4ccncc4)sc3C2)c(C)c1. The molecule has 1 saturated heterocycles. The molecule has 38 heavy (non-hydrogen) atoms. The highest BCUT2D eigenvalue weighted by molar-refractivity contribution is 7.89. The number of pyridine rings is 1. The number of rotatable bonds is 7. The van der Waals surface area contributed by atoms with Gasteiger partial charge in [0, 0.05) is 54.8 Å². The number of aryl methyl sites for hydroxylation is 2. The number of amides is 1. The maximum absolute atomic E-state index is 13.8. The molecule has 3 aromatic rings. The van der Waals surface area contributed by atoms with Crippen LogP contribution in [0.2, 0.25) is 0 Å². The number of aromatic nitrogens is 2. The lowest BCUT2D eigenvalue weighted by molar-refractivity contribution is -0.132. The van der Waals surface area contributed by atoms with Crippen LogP contribution in [0.15, 0.2) is 41.6 Å². The van der Waals surface area contributed by atoms with Gasteiger partial charge in [0.05, 0.1) is 24.2 Å². The molecule has 1 fully saturated rings. The Morgan fingerprint density at radius 2 is 1.87 bits per heavy atom. The van der Waals surface area contributed by atoms with Crippen LogP contribution in [0, 0.1) is 13.8 Å². The van der Waals surface area contributed by atoms with Crippen LogP contribution in [0.1, 0.15) is 53.8 Å². The largest absolute Gasteiger partial charge is 0.497 e. The predicted molar refractivity (Wildman–Crippen MR) is 148 cm³/mol. The first-order valence-electron chi connectivity index (χ1n) is 13.1. The lowest BCUT2D eigenvalue weighted by Gasteiger charge is -2.36. The monoisotopic (exact) mass is 554 g/mol. The highest BCUT2D eigenvalue weighted by Crippen LogP contribution is 2.34. The standard InChI is InChI=1S/C28H34N4O4S2/c1-19-16-23(36-3)17-20(2)27(19)38(34,35)32-14-5-4-6-22(32)7-8-26(33)31-15-11-24-25(18-31)37-28(30-24)21-9-12-29-13-10-21/h9-10,12-13,16-17,22H,4-8,11,14-15,18H2,1-3H3. The number of ether oxygens (including phenoxy) is 1.